The molecule has 1 radical (unpaired) electrons. The molecule has 0 atom stereocenters. The Bertz CT molecular complexity index is 496. The maximum absolute atomic E-state index is 11.9. The second-order valence-electron chi connectivity index (χ2n) is 3.32. The Morgan fingerprint density at radius 2 is 1.56 bits per heavy atom. The van der Waals surface area contributed by atoms with Crippen molar-refractivity contribution in [2.75, 3.05) is 5.32 Å². The van der Waals surface area contributed by atoms with Crippen molar-refractivity contribution in [1.82, 2.24) is 0 Å². The third-order valence-electron chi connectivity index (χ3n) is 2.16. The van der Waals surface area contributed by atoms with Crippen molar-refractivity contribution in [1.29, 1.82) is 0 Å². The molecule has 0 saturated carbocycles. The van der Waals surface area contributed by atoms with Crippen molar-refractivity contribution in [2.45, 2.75) is 0 Å². The first kappa shape index (κ1) is 10.9. The fraction of sp³-hybridized carbons (Fsp3) is 0. The Labute approximate surface area is 102 Å². The molecule has 2 aromatic rings. The molecule has 0 bridgehead atoms. The Morgan fingerprint density at radius 3 is 2.25 bits per heavy atom. The minimum absolute atomic E-state index is 0.0967. The van der Waals surface area contributed by atoms with Crippen LogP contribution < -0.4 is 9.78 Å². The van der Waals surface area contributed by atoms with E-state index in [2.05, 4.69) is 21.3 Å². The third kappa shape index (κ3) is 2.51. The summed E-state index contributed by atoms with van der Waals surface area (Å²) in [4.78, 5) is 11.9. The van der Waals surface area contributed by atoms with Crippen LogP contribution in [0.15, 0.2) is 54.6 Å². The number of amides is 1. The van der Waals surface area contributed by atoms with Gasteiger partial charge in [-0.1, -0.05) is 0 Å². The van der Waals surface area contributed by atoms with Crippen molar-refractivity contribution < 1.29 is 4.79 Å². The van der Waals surface area contributed by atoms with Crippen LogP contribution in [-0.4, -0.2) is 21.9 Å². The van der Waals surface area contributed by atoms with E-state index in [-0.39, 0.29) is 5.91 Å². The van der Waals surface area contributed by atoms with Crippen molar-refractivity contribution in [3.63, 3.8) is 0 Å². The van der Waals surface area contributed by atoms with Crippen LogP contribution in [0.1, 0.15) is 10.4 Å². The number of carbonyl (C=O) groups excluding carboxylic acids is 1. The molecule has 1 amide bonds. The first-order chi connectivity index (χ1) is 7.77. The van der Waals surface area contributed by atoms with E-state index in [1.54, 1.807) is 6.07 Å². The molecule has 1 N–H and O–H groups in total. The summed E-state index contributed by atoms with van der Waals surface area (Å²) >= 11 is 2.88. The summed E-state index contributed by atoms with van der Waals surface area (Å²) in [7, 11) is 0. The van der Waals surface area contributed by atoms with Crippen molar-refractivity contribution in [3.05, 3.63) is 60.2 Å². The topological polar surface area (TPSA) is 29.1 Å². The first-order valence-electron chi connectivity index (χ1n) is 4.90. The van der Waals surface area contributed by atoms with Crippen molar-refractivity contribution in [2.24, 2.45) is 0 Å². The predicted molar refractivity (Wildman–Crippen MR) is 66.2 cm³/mol. The summed E-state index contributed by atoms with van der Waals surface area (Å²) in [5.41, 5.74) is 1.46. The van der Waals surface area contributed by atoms with Gasteiger partial charge in [0.1, 0.15) is 0 Å². The van der Waals surface area contributed by atoms with Gasteiger partial charge in [-0.15, -0.1) is 0 Å². The quantitative estimate of drug-likeness (QED) is 0.831. The number of benzene rings is 2. The van der Waals surface area contributed by atoms with Gasteiger partial charge in [-0.25, -0.2) is 0 Å². The molecule has 2 aromatic carbocycles. The van der Waals surface area contributed by atoms with E-state index in [1.807, 2.05) is 48.5 Å². The van der Waals surface area contributed by atoms with Gasteiger partial charge in [0, 0.05) is 0 Å². The fourth-order valence-corrected chi connectivity index (χ4v) is 1.88. The Morgan fingerprint density at radius 1 is 0.938 bits per heavy atom. The number of hydrogen-bond donors (Lipinski definition) is 1. The molecule has 0 saturated heterocycles. The first-order valence-corrected chi connectivity index (χ1v) is 5.75. The van der Waals surface area contributed by atoms with Gasteiger partial charge < -0.3 is 0 Å². The summed E-state index contributed by atoms with van der Waals surface area (Å²) < 4.78 is 0.857. The second kappa shape index (κ2) is 4.97. The average Bonchev–Trinajstić information content (AvgIpc) is 2.31. The van der Waals surface area contributed by atoms with E-state index in [0.717, 1.165) is 10.1 Å². The van der Waals surface area contributed by atoms with Gasteiger partial charge in [-0.3, -0.25) is 0 Å². The van der Waals surface area contributed by atoms with Crippen LogP contribution in [0.25, 0.3) is 0 Å². The molecule has 3 heteroatoms. The second-order valence-corrected chi connectivity index (χ2v) is 4.24. The van der Waals surface area contributed by atoms with Crippen LogP contribution in [0.5, 0.6) is 0 Å². The number of anilines is 1. The van der Waals surface area contributed by atoms with E-state index >= 15 is 0 Å². The van der Waals surface area contributed by atoms with Crippen LogP contribution >= 0.6 is 0 Å². The van der Waals surface area contributed by atoms with E-state index < -0.39 is 0 Å². The Balaban J connectivity index is 2.19. The number of para-hydroxylation sites is 1. The van der Waals surface area contributed by atoms with Gasteiger partial charge in [-0.2, -0.15) is 0 Å². The monoisotopic (exact) mass is 276 g/mol. The summed E-state index contributed by atoms with van der Waals surface area (Å²) in [5.74, 6) is -0.0967. The zero-order valence-electron chi connectivity index (χ0n) is 8.51. The van der Waals surface area contributed by atoms with E-state index in [0.29, 0.717) is 5.56 Å². The summed E-state index contributed by atoms with van der Waals surface area (Å²) in [5, 5.41) is 2.84. The van der Waals surface area contributed by atoms with Gasteiger partial charge in [0.2, 0.25) is 0 Å². The molecule has 16 heavy (non-hydrogen) atoms. The average molecular weight is 275 g/mol. The number of rotatable bonds is 2. The molecule has 0 fully saturated rings. The maximum atomic E-state index is 11.9. The van der Waals surface area contributed by atoms with Crippen LogP contribution in [0, 0.1) is 0 Å². The van der Waals surface area contributed by atoms with Gasteiger partial charge >= 0.3 is 102 Å². The van der Waals surface area contributed by atoms with Gasteiger partial charge in [-0.05, 0) is 0 Å². The van der Waals surface area contributed by atoms with Gasteiger partial charge in [0.05, 0.1) is 0 Å². The molecule has 0 unspecified atom stereocenters. The standard InChI is InChI=1S/C13H10NOSe/c15-13(11-8-4-5-9-12(11)16)14-10-6-2-1-3-7-10/h1-9H,(H,14,15). The molecule has 0 aromatic heterocycles. The van der Waals surface area contributed by atoms with Crippen molar-refractivity contribution >= 4 is 32.1 Å². The molecule has 2 rings (SSSR count). The molecule has 2 nitrogen and oxygen atoms in total. The SMILES string of the molecule is O=C(Nc1ccccc1)c1ccccc1[Se]. The number of hydrogen-bond acceptors (Lipinski definition) is 1. The molecular formula is C13H10NOSe. The molecule has 79 valence electrons. The molecule has 0 aliphatic rings. The third-order valence-corrected chi connectivity index (χ3v) is 2.91. The molecule has 0 aliphatic carbocycles. The van der Waals surface area contributed by atoms with E-state index in [9.17, 15) is 4.79 Å². The minimum atomic E-state index is -0.0967. The number of nitrogens with one attached hydrogen (secondary N) is 1. The normalized spacial score (nSPS) is 9.75. The van der Waals surface area contributed by atoms with Crippen LogP contribution in [-0.2, 0) is 0 Å². The molecule has 0 heterocycles. The zero-order valence-corrected chi connectivity index (χ0v) is 10.2. The van der Waals surface area contributed by atoms with Crippen LogP contribution in [0.3, 0.4) is 0 Å². The summed E-state index contributed by atoms with van der Waals surface area (Å²) in [6.45, 7) is 0. The Kier molecular flexibility index (Phi) is 3.40. The van der Waals surface area contributed by atoms with E-state index in [1.165, 1.54) is 0 Å². The van der Waals surface area contributed by atoms with Gasteiger partial charge in [0.15, 0.2) is 0 Å². The summed E-state index contributed by atoms with van der Waals surface area (Å²) in [6.07, 6.45) is 0. The Hall–Kier alpha value is -1.57. The number of carbonyl (C=O) groups is 1. The van der Waals surface area contributed by atoms with Crippen molar-refractivity contribution in [3.8, 4) is 0 Å². The molecular weight excluding hydrogens is 265 g/mol. The van der Waals surface area contributed by atoms with E-state index in [4.69, 9.17) is 0 Å². The summed E-state index contributed by atoms with van der Waals surface area (Å²) in [6, 6.07) is 16.8. The van der Waals surface area contributed by atoms with Crippen LogP contribution in [0.4, 0.5) is 5.69 Å². The van der Waals surface area contributed by atoms with Gasteiger partial charge in [0.25, 0.3) is 0 Å². The fourth-order valence-electron chi connectivity index (χ4n) is 1.37. The van der Waals surface area contributed by atoms with Crippen LogP contribution in [0.2, 0.25) is 0 Å². The molecule has 0 spiro atoms. The zero-order chi connectivity index (χ0) is 11.4. The predicted octanol–water partition coefficient (Wildman–Crippen LogP) is 1.73. The molecule has 0 aliphatic heterocycles.